The summed E-state index contributed by atoms with van der Waals surface area (Å²) < 4.78 is 0. The third-order valence-corrected chi connectivity index (χ3v) is 3.10. The molecular formula is C14H19N3O2. The Labute approximate surface area is 112 Å². The van der Waals surface area contributed by atoms with Crippen LogP contribution in [0.3, 0.4) is 0 Å². The second kappa shape index (κ2) is 6.47. The summed E-state index contributed by atoms with van der Waals surface area (Å²) in [4.78, 5) is 6.33. The van der Waals surface area contributed by atoms with Crippen molar-refractivity contribution in [3.8, 4) is 0 Å². The van der Waals surface area contributed by atoms with Crippen molar-refractivity contribution in [3.05, 3.63) is 36.0 Å². The second-order valence-corrected chi connectivity index (χ2v) is 4.29. The molecule has 0 atom stereocenters. The van der Waals surface area contributed by atoms with Gasteiger partial charge in [0, 0.05) is 36.8 Å². The van der Waals surface area contributed by atoms with Gasteiger partial charge in [-0.2, -0.15) is 0 Å². The minimum Gasteiger partial charge on any atom is -0.395 e. The van der Waals surface area contributed by atoms with Gasteiger partial charge in [0.1, 0.15) is 0 Å². The number of aromatic nitrogens is 1. The number of pyridine rings is 1. The Balaban J connectivity index is 2.59. The van der Waals surface area contributed by atoms with E-state index in [-0.39, 0.29) is 13.2 Å². The molecule has 0 spiro atoms. The maximum absolute atomic E-state index is 9.19. The van der Waals surface area contributed by atoms with E-state index in [1.807, 2.05) is 29.2 Å². The van der Waals surface area contributed by atoms with Gasteiger partial charge in [-0.05, 0) is 6.07 Å². The minimum absolute atomic E-state index is 0.0284. The number of aliphatic hydroxyl groups is 2. The molecule has 0 fully saturated rings. The first-order valence-corrected chi connectivity index (χ1v) is 6.35. The van der Waals surface area contributed by atoms with Crippen LogP contribution in [-0.4, -0.2) is 41.5 Å². The van der Waals surface area contributed by atoms with Gasteiger partial charge in [-0.3, -0.25) is 4.98 Å². The summed E-state index contributed by atoms with van der Waals surface area (Å²) in [5.74, 6) is 0. The van der Waals surface area contributed by atoms with Gasteiger partial charge >= 0.3 is 0 Å². The van der Waals surface area contributed by atoms with Gasteiger partial charge in [0.2, 0.25) is 0 Å². The van der Waals surface area contributed by atoms with E-state index in [4.69, 9.17) is 5.73 Å². The quantitative estimate of drug-likeness (QED) is 0.704. The fourth-order valence-electron chi connectivity index (χ4n) is 2.27. The third kappa shape index (κ3) is 2.84. The summed E-state index contributed by atoms with van der Waals surface area (Å²) in [5, 5.41) is 19.4. The molecule has 0 saturated carbocycles. The Hall–Kier alpha value is -1.69. The van der Waals surface area contributed by atoms with Crippen LogP contribution < -0.4 is 10.6 Å². The SMILES string of the molecule is NCc1cnc2ccccc2c1N(CCO)CCO. The maximum atomic E-state index is 9.19. The van der Waals surface area contributed by atoms with Crippen LogP contribution in [0.4, 0.5) is 5.69 Å². The molecule has 5 heteroatoms. The van der Waals surface area contributed by atoms with E-state index in [0.29, 0.717) is 19.6 Å². The molecule has 2 aromatic rings. The van der Waals surface area contributed by atoms with Crippen LogP contribution in [0.2, 0.25) is 0 Å². The van der Waals surface area contributed by atoms with Crippen molar-refractivity contribution in [2.24, 2.45) is 5.73 Å². The van der Waals surface area contributed by atoms with E-state index in [9.17, 15) is 10.2 Å². The van der Waals surface area contributed by atoms with Crippen LogP contribution in [0.15, 0.2) is 30.5 Å². The van der Waals surface area contributed by atoms with Gasteiger partial charge in [0.05, 0.1) is 24.4 Å². The van der Waals surface area contributed by atoms with Crippen LogP contribution in [0, 0.1) is 0 Å². The number of para-hydroxylation sites is 1. The summed E-state index contributed by atoms with van der Waals surface area (Å²) in [6.45, 7) is 1.35. The molecule has 1 aromatic heterocycles. The maximum Gasteiger partial charge on any atom is 0.0723 e. The molecule has 0 unspecified atom stereocenters. The van der Waals surface area contributed by atoms with E-state index < -0.39 is 0 Å². The van der Waals surface area contributed by atoms with E-state index in [1.165, 1.54) is 0 Å². The molecule has 0 saturated heterocycles. The number of anilines is 1. The minimum atomic E-state index is 0.0284. The molecule has 1 aromatic carbocycles. The Bertz CT molecular complexity index is 539. The van der Waals surface area contributed by atoms with Crippen molar-refractivity contribution in [2.75, 3.05) is 31.2 Å². The topological polar surface area (TPSA) is 82.6 Å². The molecule has 102 valence electrons. The average Bonchev–Trinajstić information content (AvgIpc) is 2.46. The first-order valence-electron chi connectivity index (χ1n) is 6.35. The van der Waals surface area contributed by atoms with Crippen LogP contribution in [0.1, 0.15) is 5.56 Å². The zero-order chi connectivity index (χ0) is 13.7. The summed E-state index contributed by atoms with van der Waals surface area (Å²) in [5.41, 5.74) is 8.54. The number of hydrogen-bond acceptors (Lipinski definition) is 5. The molecule has 4 N–H and O–H groups in total. The zero-order valence-corrected chi connectivity index (χ0v) is 10.8. The molecule has 0 aliphatic rings. The zero-order valence-electron chi connectivity index (χ0n) is 10.8. The van der Waals surface area contributed by atoms with Crippen LogP contribution in [0.25, 0.3) is 10.9 Å². The fraction of sp³-hybridized carbons (Fsp3) is 0.357. The largest absolute Gasteiger partial charge is 0.395 e. The second-order valence-electron chi connectivity index (χ2n) is 4.29. The lowest BCUT2D eigenvalue weighted by Gasteiger charge is -2.26. The smallest absolute Gasteiger partial charge is 0.0723 e. The molecular weight excluding hydrogens is 242 g/mol. The van der Waals surface area contributed by atoms with Gasteiger partial charge in [0.15, 0.2) is 0 Å². The standard InChI is InChI=1S/C14H19N3O2/c15-9-11-10-16-13-4-2-1-3-12(13)14(11)17(5-7-18)6-8-19/h1-4,10,18-19H,5-9,15H2. The van der Waals surface area contributed by atoms with Gasteiger partial charge in [-0.25, -0.2) is 0 Å². The molecule has 0 aliphatic heterocycles. The van der Waals surface area contributed by atoms with Crippen LogP contribution >= 0.6 is 0 Å². The monoisotopic (exact) mass is 261 g/mol. The predicted molar refractivity (Wildman–Crippen MR) is 76.0 cm³/mol. The summed E-state index contributed by atoms with van der Waals surface area (Å²) in [6, 6.07) is 7.81. The summed E-state index contributed by atoms with van der Waals surface area (Å²) in [6.07, 6.45) is 1.76. The molecule has 0 amide bonds. The van der Waals surface area contributed by atoms with Gasteiger partial charge < -0.3 is 20.8 Å². The summed E-state index contributed by atoms with van der Waals surface area (Å²) >= 11 is 0. The highest BCUT2D eigenvalue weighted by molar-refractivity contribution is 5.93. The molecule has 0 aliphatic carbocycles. The van der Waals surface area contributed by atoms with E-state index in [0.717, 1.165) is 22.2 Å². The van der Waals surface area contributed by atoms with Crippen molar-refractivity contribution in [2.45, 2.75) is 6.54 Å². The van der Waals surface area contributed by atoms with E-state index in [2.05, 4.69) is 4.98 Å². The van der Waals surface area contributed by atoms with Crippen molar-refractivity contribution in [1.29, 1.82) is 0 Å². The number of nitrogens with two attached hydrogens (primary N) is 1. The van der Waals surface area contributed by atoms with Gasteiger partial charge in [-0.1, -0.05) is 18.2 Å². The predicted octanol–water partition coefficient (Wildman–Crippen LogP) is 0.484. The normalized spacial score (nSPS) is 10.9. The Morgan fingerprint density at radius 1 is 1.11 bits per heavy atom. The number of hydrogen-bond donors (Lipinski definition) is 3. The molecule has 1 heterocycles. The van der Waals surface area contributed by atoms with Crippen molar-refractivity contribution < 1.29 is 10.2 Å². The lowest BCUT2D eigenvalue weighted by atomic mass is 10.1. The lowest BCUT2D eigenvalue weighted by Crippen LogP contribution is -2.31. The average molecular weight is 261 g/mol. The number of benzene rings is 1. The van der Waals surface area contributed by atoms with E-state index in [1.54, 1.807) is 6.20 Å². The number of aliphatic hydroxyl groups excluding tert-OH is 2. The number of fused-ring (bicyclic) bond motifs is 1. The molecule has 0 radical (unpaired) electrons. The molecule has 2 rings (SSSR count). The first-order chi connectivity index (χ1) is 9.31. The van der Waals surface area contributed by atoms with Gasteiger partial charge in [-0.15, -0.1) is 0 Å². The first kappa shape index (κ1) is 13.7. The van der Waals surface area contributed by atoms with Gasteiger partial charge in [0.25, 0.3) is 0 Å². The number of rotatable bonds is 6. The molecule has 19 heavy (non-hydrogen) atoms. The highest BCUT2D eigenvalue weighted by Gasteiger charge is 2.14. The molecule has 0 bridgehead atoms. The molecule has 5 nitrogen and oxygen atoms in total. The number of nitrogens with zero attached hydrogens (tertiary/aromatic N) is 2. The summed E-state index contributed by atoms with van der Waals surface area (Å²) in [7, 11) is 0. The fourth-order valence-corrected chi connectivity index (χ4v) is 2.27. The highest BCUT2D eigenvalue weighted by atomic mass is 16.3. The van der Waals surface area contributed by atoms with Crippen molar-refractivity contribution in [1.82, 2.24) is 4.98 Å². The lowest BCUT2D eigenvalue weighted by molar-refractivity contribution is 0.281. The van der Waals surface area contributed by atoms with Crippen molar-refractivity contribution in [3.63, 3.8) is 0 Å². The van der Waals surface area contributed by atoms with E-state index >= 15 is 0 Å². The third-order valence-electron chi connectivity index (χ3n) is 3.10. The Morgan fingerprint density at radius 3 is 2.42 bits per heavy atom. The van der Waals surface area contributed by atoms with Crippen molar-refractivity contribution >= 4 is 16.6 Å². The Morgan fingerprint density at radius 2 is 1.79 bits per heavy atom. The van der Waals surface area contributed by atoms with Crippen LogP contribution in [-0.2, 0) is 6.54 Å². The van der Waals surface area contributed by atoms with Crippen LogP contribution in [0.5, 0.6) is 0 Å². The Kier molecular flexibility index (Phi) is 4.68. The highest BCUT2D eigenvalue weighted by Crippen LogP contribution is 2.29.